The summed E-state index contributed by atoms with van der Waals surface area (Å²) in [7, 11) is 0. The average Bonchev–Trinajstić information content (AvgIpc) is 2.99. The molecule has 0 spiro atoms. The summed E-state index contributed by atoms with van der Waals surface area (Å²) in [5.74, 6) is -3.09. The zero-order valence-corrected chi connectivity index (χ0v) is 27.7. The number of nitrogens with one attached hydrogen (secondary N) is 4. The Bertz CT molecular complexity index is 1110. The SMILES string of the molecule is CC(C)C[C@H](NC(=O)[C@H](Cc1ccc(O)cc1)NC(=O)[C@H](CCCCN)NC(=O)[C@H](CCCCN)NC(=O)[C@@H](N)C(C)C)C(N)=O. The van der Waals surface area contributed by atoms with Crippen LogP contribution in [0.4, 0.5) is 0 Å². The lowest BCUT2D eigenvalue weighted by Crippen LogP contribution is -2.59. The normalized spacial score (nSPS) is 14.5. The van der Waals surface area contributed by atoms with Crippen molar-refractivity contribution < 1.29 is 29.1 Å². The molecule has 0 heterocycles. The van der Waals surface area contributed by atoms with Crippen molar-refractivity contribution in [3.63, 3.8) is 0 Å². The van der Waals surface area contributed by atoms with E-state index >= 15 is 0 Å². The first-order valence-electron chi connectivity index (χ1n) is 16.1. The van der Waals surface area contributed by atoms with Crippen molar-refractivity contribution in [2.75, 3.05) is 13.1 Å². The van der Waals surface area contributed by atoms with Crippen LogP contribution in [-0.4, -0.2) is 77.9 Å². The van der Waals surface area contributed by atoms with Gasteiger partial charge in [-0.3, -0.25) is 24.0 Å². The van der Waals surface area contributed by atoms with Gasteiger partial charge in [0.1, 0.15) is 29.9 Å². The number of amides is 5. The molecule has 0 fully saturated rings. The van der Waals surface area contributed by atoms with Crippen LogP contribution in [0.3, 0.4) is 0 Å². The van der Waals surface area contributed by atoms with Gasteiger partial charge in [0.15, 0.2) is 0 Å². The lowest BCUT2D eigenvalue weighted by Gasteiger charge is -2.27. The molecule has 14 nitrogen and oxygen atoms in total. The molecule has 0 aliphatic carbocycles. The number of carbonyl (C=O) groups is 5. The summed E-state index contributed by atoms with van der Waals surface area (Å²) in [6.07, 6.45) is 3.11. The molecule has 13 N–H and O–H groups in total. The Morgan fingerprint density at radius 3 is 1.54 bits per heavy atom. The lowest BCUT2D eigenvalue weighted by atomic mass is 10.0. The van der Waals surface area contributed by atoms with Crippen LogP contribution in [0.5, 0.6) is 5.75 Å². The summed E-state index contributed by atoms with van der Waals surface area (Å²) < 4.78 is 0. The van der Waals surface area contributed by atoms with Gasteiger partial charge in [0.25, 0.3) is 0 Å². The fourth-order valence-corrected chi connectivity index (χ4v) is 4.71. The second kappa shape index (κ2) is 21.1. The van der Waals surface area contributed by atoms with Gasteiger partial charge in [0, 0.05) is 6.42 Å². The standard InChI is InChI=1S/C32H56N8O6/c1-19(2)17-25(28(36)42)39-31(45)26(18-21-11-13-22(41)14-12-21)40-30(44)23(9-5-7-15-33)37-29(43)24(10-6-8-16-34)38-32(46)27(35)20(3)4/h11-14,19-20,23-27,41H,5-10,15-18,33-35H2,1-4H3,(H2,36,42)(H,37,43)(H,38,46)(H,39,45)(H,40,44)/t23-,24-,25-,26-,27-/m0/s1. The van der Waals surface area contributed by atoms with Gasteiger partial charge >= 0.3 is 0 Å². The maximum absolute atomic E-state index is 13.7. The van der Waals surface area contributed by atoms with Gasteiger partial charge in [-0.2, -0.15) is 0 Å². The molecule has 0 aromatic heterocycles. The minimum atomic E-state index is -1.15. The van der Waals surface area contributed by atoms with E-state index in [1.54, 1.807) is 26.0 Å². The molecule has 0 aliphatic heterocycles. The first kappa shape index (κ1) is 40.3. The highest BCUT2D eigenvalue weighted by Crippen LogP contribution is 2.13. The van der Waals surface area contributed by atoms with E-state index in [0.717, 1.165) is 0 Å². The van der Waals surface area contributed by atoms with Gasteiger partial charge in [-0.1, -0.05) is 39.8 Å². The second-order valence-corrected chi connectivity index (χ2v) is 12.5. The van der Waals surface area contributed by atoms with E-state index < -0.39 is 59.7 Å². The number of hydrogen-bond acceptors (Lipinski definition) is 9. The zero-order chi connectivity index (χ0) is 34.8. The van der Waals surface area contributed by atoms with Crippen LogP contribution in [0, 0.1) is 11.8 Å². The minimum Gasteiger partial charge on any atom is -0.508 e. The van der Waals surface area contributed by atoms with Crippen LogP contribution in [0.1, 0.15) is 78.2 Å². The molecule has 0 bridgehead atoms. The number of hydrogen-bond donors (Lipinski definition) is 9. The summed E-state index contributed by atoms with van der Waals surface area (Å²) in [4.78, 5) is 65.6. The molecule has 0 saturated carbocycles. The summed E-state index contributed by atoms with van der Waals surface area (Å²) in [6, 6.07) is 1.17. The maximum atomic E-state index is 13.7. The predicted octanol–water partition coefficient (Wildman–Crippen LogP) is -0.353. The zero-order valence-electron chi connectivity index (χ0n) is 27.7. The Hall–Kier alpha value is -3.75. The average molecular weight is 649 g/mol. The van der Waals surface area contributed by atoms with Crippen molar-refractivity contribution in [1.82, 2.24) is 21.3 Å². The van der Waals surface area contributed by atoms with E-state index in [1.807, 2.05) is 13.8 Å². The molecule has 46 heavy (non-hydrogen) atoms. The van der Waals surface area contributed by atoms with Crippen molar-refractivity contribution in [3.8, 4) is 5.75 Å². The van der Waals surface area contributed by atoms with Crippen molar-refractivity contribution >= 4 is 29.5 Å². The van der Waals surface area contributed by atoms with Gasteiger partial charge in [-0.05, 0) is 87.6 Å². The number of rotatable bonds is 22. The van der Waals surface area contributed by atoms with Crippen molar-refractivity contribution in [1.29, 1.82) is 0 Å². The van der Waals surface area contributed by atoms with E-state index in [2.05, 4.69) is 21.3 Å². The van der Waals surface area contributed by atoms with Crippen molar-refractivity contribution in [2.24, 2.45) is 34.8 Å². The van der Waals surface area contributed by atoms with E-state index in [4.69, 9.17) is 22.9 Å². The van der Waals surface area contributed by atoms with Crippen molar-refractivity contribution in [3.05, 3.63) is 29.8 Å². The number of phenols is 1. The maximum Gasteiger partial charge on any atom is 0.243 e. The second-order valence-electron chi connectivity index (χ2n) is 12.5. The van der Waals surface area contributed by atoms with E-state index in [1.165, 1.54) is 12.1 Å². The third-order valence-corrected chi connectivity index (χ3v) is 7.56. The highest BCUT2D eigenvalue weighted by molar-refractivity contribution is 5.95. The molecule has 0 unspecified atom stereocenters. The summed E-state index contributed by atoms with van der Waals surface area (Å²) in [6.45, 7) is 8.15. The largest absolute Gasteiger partial charge is 0.508 e. The Morgan fingerprint density at radius 1 is 0.674 bits per heavy atom. The number of unbranched alkanes of at least 4 members (excludes halogenated alkanes) is 2. The Balaban J connectivity index is 3.29. The van der Waals surface area contributed by atoms with E-state index in [0.29, 0.717) is 50.8 Å². The molecule has 0 saturated heterocycles. The van der Waals surface area contributed by atoms with E-state index in [9.17, 15) is 29.1 Å². The van der Waals surface area contributed by atoms with Crippen LogP contribution >= 0.6 is 0 Å². The summed E-state index contributed by atoms with van der Waals surface area (Å²) >= 11 is 0. The molecule has 5 atom stereocenters. The smallest absolute Gasteiger partial charge is 0.243 e. The Kier molecular flexibility index (Phi) is 18.5. The molecule has 0 radical (unpaired) electrons. The van der Waals surface area contributed by atoms with Gasteiger partial charge in [0.2, 0.25) is 29.5 Å². The van der Waals surface area contributed by atoms with Crippen LogP contribution in [0.15, 0.2) is 24.3 Å². The Morgan fingerprint density at radius 2 is 1.11 bits per heavy atom. The summed E-state index contributed by atoms with van der Waals surface area (Å²) in [5.41, 5.74) is 23.5. The van der Waals surface area contributed by atoms with Gasteiger partial charge in [-0.25, -0.2) is 0 Å². The first-order valence-corrected chi connectivity index (χ1v) is 16.1. The number of phenolic OH excluding ortho intramolecular Hbond substituents is 1. The van der Waals surface area contributed by atoms with Crippen LogP contribution in [0.25, 0.3) is 0 Å². The van der Waals surface area contributed by atoms with Gasteiger partial charge in [0.05, 0.1) is 6.04 Å². The first-order chi connectivity index (χ1) is 21.7. The molecule has 1 rings (SSSR count). The number of carbonyl (C=O) groups excluding carboxylic acids is 5. The number of nitrogens with two attached hydrogens (primary N) is 4. The topological polar surface area (TPSA) is 258 Å². The molecule has 14 heteroatoms. The Labute approximate surface area is 272 Å². The molecule has 260 valence electrons. The fourth-order valence-electron chi connectivity index (χ4n) is 4.71. The summed E-state index contributed by atoms with van der Waals surface area (Å²) in [5, 5.41) is 20.6. The number of benzene rings is 1. The lowest BCUT2D eigenvalue weighted by molar-refractivity contribution is -0.134. The third kappa shape index (κ3) is 15.0. The minimum absolute atomic E-state index is 0.0271. The van der Waals surface area contributed by atoms with E-state index in [-0.39, 0.29) is 36.8 Å². The van der Waals surface area contributed by atoms with Crippen LogP contribution in [-0.2, 0) is 30.4 Å². The van der Waals surface area contributed by atoms with Crippen molar-refractivity contribution in [2.45, 2.75) is 109 Å². The molecular weight excluding hydrogens is 592 g/mol. The molecule has 5 amide bonds. The molecule has 0 aliphatic rings. The van der Waals surface area contributed by atoms with Gasteiger partial charge < -0.3 is 49.3 Å². The molecular formula is C32H56N8O6. The monoisotopic (exact) mass is 648 g/mol. The number of aromatic hydroxyl groups is 1. The number of primary amides is 1. The predicted molar refractivity (Wildman–Crippen MR) is 177 cm³/mol. The molecule has 1 aromatic carbocycles. The fraction of sp³-hybridized carbons (Fsp3) is 0.656. The van der Waals surface area contributed by atoms with Crippen LogP contribution < -0.4 is 44.2 Å². The van der Waals surface area contributed by atoms with Gasteiger partial charge in [-0.15, -0.1) is 0 Å². The third-order valence-electron chi connectivity index (χ3n) is 7.56. The quantitative estimate of drug-likeness (QED) is 0.0743. The highest BCUT2D eigenvalue weighted by Gasteiger charge is 2.32. The van der Waals surface area contributed by atoms with Crippen LogP contribution in [0.2, 0.25) is 0 Å². The molecule has 1 aromatic rings. The highest BCUT2D eigenvalue weighted by atomic mass is 16.3.